The standard InChI is InChI=1S/C21H23NO6S/c1-3-19(24)28-22-14(2)20(25)16-5-4-6-18(13-16)29-17-9-7-15(8-10-17)21(26)27-12-11-23/h4-10,13-14,22-23H,3,11-12H2,1-2H3. The van der Waals surface area contributed by atoms with Crippen LogP contribution < -0.4 is 5.48 Å². The van der Waals surface area contributed by atoms with E-state index in [-0.39, 0.29) is 25.4 Å². The molecule has 0 spiro atoms. The zero-order chi connectivity index (χ0) is 21.2. The average molecular weight is 417 g/mol. The number of Topliss-reactive ketones (excluding diaryl/α,β-unsaturated/α-hetero) is 1. The molecule has 29 heavy (non-hydrogen) atoms. The van der Waals surface area contributed by atoms with E-state index in [9.17, 15) is 14.4 Å². The molecule has 0 bridgehead atoms. The molecule has 0 heterocycles. The van der Waals surface area contributed by atoms with Crippen LogP contribution in [-0.4, -0.2) is 42.1 Å². The van der Waals surface area contributed by atoms with Gasteiger partial charge in [0.05, 0.1) is 12.2 Å². The molecule has 0 saturated carbocycles. The van der Waals surface area contributed by atoms with E-state index in [1.807, 2.05) is 6.07 Å². The summed E-state index contributed by atoms with van der Waals surface area (Å²) in [5, 5.41) is 8.70. The van der Waals surface area contributed by atoms with E-state index in [1.165, 1.54) is 11.8 Å². The van der Waals surface area contributed by atoms with Gasteiger partial charge in [0.15, 0.2) is 5.78 Å². The smallest absolute Gasteiger partial charge is 0.338 e. The van der Waals surface area contributed by atoms with E-state index in [0.29, 0.717) is 11.1 Å². The number of carbonyl (C=O) groups excluding carboxylic acids is 3. The van der Waals surface area contributed by atoms with Gasteiger partial charge >= 0.3 is 11.9 Å². The first kappa shape index (κ1) is 22.6. The van der Waals surface area contributed by atoms with Gasteiger partial charge in [-0.15, -0.1) is 5.48 Å². The molecule has 0 aliphatic rings. The predicted octanol–water partition coefficient (Wildman–Crippen LogP) is 3.02. The number of ketones is 1. The maximum Gasteiger partial charge on any atom is 0.338 e. The number of ether oxygens (including phenoxy) is 1. The Morgan fingerprint density at radius 3 is 2.45 bits per heavy atom. The maximum atomic E-state index is 12.5. The number of hydrogen-bond acceptors (Lipinski definition) is 8. The number of hydroxylamine groups is 1. The lowest BCUT2D eigenvalue weighted by molar-refractivity contribution is -0.151. The summed E-state index contributed by atoms with van der Waals surface area (Å²) in [4.78, 5) is 42.0. The summed E-state index contributed by atoms with van der Waals surface area (Å²) < 4.78 is 4.87. The summed E-state index contributed by atoms with van der Waals surface area (Å²) in [6, 6.07) is 13.3. The second-order valence-electron chi connectivity index (χ2n) is 6.05. The van der Waals surface area contributed by atoms with E-state index in [4.69, 9.17) is 14.7 Å². The Kier molecular flexibility index (Phi) is 8.85. The van der Waals surface area contributed by atoms with Crippen molar-refractivity contribution in [3.8, 4) is 0 Å². The molecule has 0 aliphatic heterocycles. The van der Waals surface area contributed by atoms with E-state index >= 15 is 0 Å². The van der Waals surface area contributed by atoms with Crippen molar-refractivity contribution in [1.29, 1.82) is 0 Å². The number of rotatable bonds is 10. The molecule has 7 nitrogen and oxygen atoms in total. The SMILES string of the molecule is CCC(=O)ONC(C)C(=O)c1cccc(Sc2ccc(C(=O)OCCO)cc2)c1. The number of benzene rings is 2. The Bertz CT molecular complexity index is 853. The van der Waals surface area contributed by atoms with Crippen molar-refractivity contribution in [3.63, 3.8) is 0 Å². The molecule has 2 rings (SSSR count). The van der Waals surface area contributed by atoms with Crippen LogP contribution in [0.5, 0.6) is 0 Å². The number of nitrogens with one attached hydrogen (secondary N) is 1. The molecule has 154 valence electrons. The monoisotopic (exact) mass is 417 g/mol. The Labute approximate surface area is 173 Å². The predicted molar refractivity (Wildman–Crippen MR) is 108 cm³/mol. The van der Waals surface area contributed by atoms with Gasteiger partial charge in [0.2, 0.25) is 0 Å². The highest BCUT2D eigenvalue weighted by Gasteiger charge is 2.17. The van der Waals surface area contributed by atoms with Crippen molar-refractivity contribution in [2.45, 2.75) is 36.1 Å². The van der Waals surface area contributed by atoms with E-state index < -0.39 is 18.0 Å². The summed E-state index contributed by atoms with van der Waals surface area (Å²) in [5.41, 5.74) is 3.36. The number of esters is 1. The molecule has 0 aromatic heterocycles. The molecule has 0 amide bonds. The van der Waals surface area contributed by atoms with Gasteiger partial charge in [0.1, 0.15) is 12.6 Å². The molecule has 2 N–H and O–H groups in total. The highest BCUT2D eigenvalue weighted by molar-refractivity contribution is 7.99. The summed E-state index contributed by atoms with van der Waals surface area (Å²) in [7, 11) is 0. The van der Waals surface area contributed by atoms with Crippen LogP contribution in [0.4, 0.5) is 0 Å². The van der Waals surface area contributed by atoms with Crippen molar-refractivity contribution in [3.05, 3.63) is 59.7 Å². The van der Waals surface area contributed by atoms with Gasteiger partial charge < -0.3 is 14.7 Å². The van der Waals surface area contributed by atoms with Crippen LogP contribution >= 0.6 is 11.8 Å². The third kappa shape index (κ3) is 7.01. The number of carbonyl (C=O) groups is 3. The average Bonchev–Trinajstić information content (AvgIpc) is 2.75. The van der Waals surface area contributed by atoms with Crippen molar-refractivity contribution in [2.75, 3.05) is 13.2 Å². The topological polar surface area (TPSA) is 102 Å². The molecular formula is C21H23NO6S. The number of aliphatic hydroxyl groups is 1. The Balaban J connectivity index is 2.01. The van der Waals surface area contributed by atoms with Crippen molar-refractivity contribution < 1.29 is 29.1 Å². The van der Waals surface area contributed by atoms with Crippen LogP contribution in [0.2, 0.25) is 0 Å². The van der Waals surface area contributed by atoms with Crippen LogP contribution in [0, 0.1) is 0 Å². The maximum absolute atomic E-state index is 12.5. The number of hydrogen-bond donors (Lipinski definition) is 2. The summed E-state index contributed by atoms with van der Waals surface area (Å²) in [6.07, 6.45) is 0.220. The van der Waals surface area contributed by atoms with Gasteiger partial charge in [0, 0.05) is 21.8 Å². The van der Waals surface area contributed by atoms with Crippen LogP contribution in [0.1, 0.15) is 41.0 Å². The van der Waals surface area contributed by atoms with Crippen LogP contribution in [0.3, 0.4) is 0 Å². The zero-order valence-corrected chi connectivity index (χ0v) is 17.0. The molecule has 0 fully saturated rings. The third-order valence-electron chi connectivity index (χ3n) is 3.80. The first-order valence-corrected chi connectivity index (χ1v) is 9.91. The molecule has 1 unspecified atom stereocenters. The van der Waals surface area contributed by atoms with E-state index in [2.05, 4.69) is 5.48 Å². The zero-order valence-electron chi connectivity index (χ0n) is 16.2. The van der Waals surface area contributed by atoms with Crippen molar-refractivity contribution in [1.82, 2.24) is 5.48 Å². The van der Waals surface area contributed by atoms with Crippen LogP contribution in [0.15, 0.2) is 58.3 Å². The lowest BCUT2D eigenvalue weighted by Crippen LogP contribution is -2.35. The molecule has 2 aromatic carbocycles. The summed E-state index contributed by atoms with van der Waals surface area (Å²) in [5.74, 6) is -1.12. The molecule has 0 aliphatic carbocycles. The molecule has 0 saturated heterocycles. The van der Waals surface area contributed by atoms with Crippen molar-refractivity contribution in [2.24, 2.45) is 0 Å². The van der Waals surface area contributed by atoms with Gasteiger partial charge in [-0.2, -0.15) is 0 Å². The second kappa shape index (κ2) is 11.4. The normalized spacial score (nSPS) is 11.6. The third-order valence-corrected chi connectivity index (χ3v) is 4.80. The first-order chi connectivity index (χ1) is 13.9. The van der Waals surface area contributed by atoms with E-state index in [1.54, 1.807) is 56.3 Å². The lowest BCUT2D eigenvalue weighted by atomic mass is 10.1. The fourth-order valence-electron chi connectivity index (χ4n) is 2.26. The summed E-state index contributed by atoms with van der Waals surface area (Å²) >= 11 is 1.44. The Hall–Kier alpha value is -2.68. The van der Waals surface area contributed by atoms with Gasteiger partial charge in [-0.1, -0.05) is 30.8 Å². The lowest BCUT2D eigenvalue weighted by Gasteiger charge is -2.13. The van der Waals surface area contributed by atoms with Crippen molar-refractivity contribution >= 4 is 29.5 Å². The van der Waals surface area contributed by atoms with Gasteiger partial charge in [-0.05, 0) is 43.3 Å². The highest BCUT2D eigenvalue weighted by atomic mass is 32.2. The van der Waals surface area contributed by atoms with Gasteiger partial charge in [0.25, 0.3) is 0 Å². The Morgan fingerprint density at radius 2 is 1.79 bits per heavy atom. The van der Waals surface area contributed by atoms with Crippen LogP contribution in [0.25, 0.3) is 0 Å². The quantitative estimate of drug-likeness (QED) is 0.346. The minimum atomic E-state index is -0.671. The fourth-order valence-corrected chi connectivity index (χ4v) is 3.14. The molecular weight excluding hydrogens is 394 g/mol. The van der Waals surface area contributed by atoms with Crippen LogP contribution in [-0.2, 0) is 14.4 Å². The second-order valence-corrected chi connectivity index (χ2v) is 7.19. The van der Waals surface area contributed by atoms with Gasteiger partial charge in [-0.25, -0.2) is 4.79 Å². The molecule has 0 radical (unpaired) electrons. The summed E-state index contributed by atoms with van der Waals surface area (Å²) in [6.45, 7) is 3.03. The Morgan fingerprint density at radius 1 is 1.07 bits per heavy atom. The largest absolute Gasteiger partial charge is 0.460 e. The molecule has 1 atom stereocenters. The minimum Gasteiger partial charge on any atom is -0.460 e. The minimum absolute atomic E-state index is 0.0406. The number of aliphatic hydroxyl groups excluding tert-OH is 1. The van der Waals surface area contributed by atoms with E-state index in [0.717, 1.165) is 9.79 Å². The molecule has 8 heteroatoms. The molecule has 2 aromatic rings. The first-order valence-electron chi connectivity index (χ1n) is 9.10. The highest BCUT2D eigenvalue weighted by Crippen LogP contribution is 2.28. The fraction of sp³-hybridized carbons (Fsp3) is 0.286. The van der Waals surface area contributed by atoms with Gasteiger partial charge in [-0.3, -0.25) is 9.59 Å².